The SMILES string of the molecule is CC1(C)[C@@H]2CC[C@@]1(C)c1[nH]n(-c3ccccc3F)c(=O)c12.CC1(C)[C@@H]2CC[C@@]1(C)c1c2c(=O)n(-c2ccccc2F)n1Cc1ccccc1. The number of hydrogen-bond acceptors (Lipinski definition) is 2. The summed E-state index contributed by atoms with van der Waals surface area (Å²) in [6.07, 6.45) is 4.21. The number of H-pyrrole nitrogens is 1. The summed E-state index contributed by atoms with van der Waals surface area (Å²) in [5.74, 6) is -0.243. The zero-order valence-electron chi connectivity index (χ0n) is 29.1. The Morgan fingerprint density at radius 1 is 0.673 bits per heavy atom. The standard InChI is InChI=1S/C24H25FN2O.C17H19FN2O/c1-23(2)17-13-14-24(23,3)21-20(17)22(28)27(19-12-8-7-11-18(19)25)26(21)15-16-9-5-4-6-10-16;1-16(2)10-8-9-17(16,3)14-13(10)15(21)20(19-14)12-7-5-4-6-11(12)18/h4-12,17H,13-15H2,1-3H3;4-7,10,19H,8-9H2,1-3H3/t17-,24+;10-,17+/m11/s1. The number of fused-ring (bicyclic) bond motifs is 10. The van der Waals surface area contributed by atoms with E-state index in [0.29, 0.717) is 17.9 Å². The highest BCUT2D eigenvalue weighted by molar-refractivity contribution is 5.49. The molecule has 5 aromatic rings. The number of rotatable bonds is 4. The summed E-state index contributed by atoms with van der Waals surface area (Å²) in [6.45, 7) is 14.1. The van der Waals surface area contributed by atoms with Crippen LogP contribution in [0.15, 0.2) is 88.5 Å². The van der Waals surface area contributed by atoms with Crippen molar-refractivity contribution in [2.24, 2.45) is 10.8 Å². The lowest BCUT2D eigenvalue weighted by Gasteiger charge is -2.36. The van der Waals surface area contributed by atoms with Crippen LogP contribution >= 0.6 is 0 Å². The van der Waals surface area contributed by atoms with E-state index in [1.165, 1.54) is 16.8 Å². The molecule has 0 aliphatic heterocycles. The second-order valence-electron chi connectivity index (χ2n) is 16.2. The number of nitrogens with zero attached hydrogens (tertiary/aromatic N) is 3. The molecule has 9 rings (SSSR count). The van der Waals surface area contributed by atoms with Crippen LogP contribution in [-0.4, -0.2) is 19.1 Å². The molecule has 2 aromatic heterocycles. The van der Waals surface area contributed by atoms with E-state index in [2.05, 4.69) is 58.8 Å². The van der Waals surface area contributed by atoms with Crippen LogP contribution in [0.25, 0.3) is 11.4 Å². The largest absolute Gasteiger partial charge is 0.294 e. The summed E-state index contributed by atoms with van der Waals surface area (Å²) in [5, 5.41) is 3.21. The molecule has 4 aliphatic carbocycles. The summed E-state index contributed by atoms with van der Waals surface area (Å²) in [7, 11) is 0. The third-order valence-corrected chi connectivity index (χ3v) is 13.7. The highest BCUT2D eigenvalue weighted by atomic mass is 19.1. The summed E-state index contributed by atoms with van der Waals surface area (Å²) < 4.78 is 33.7. The molecule has 0 unspecified atom stereocenters. The second kappa shape index (κ2) is 10.5. The average molecular weight is 663 g/mol. The van der Waals surface area contributed by atoms with Gasteiger partial charge in [-0.3, -0.25) is 19.4 Å². The topological polar surface area (TPSA) is 64.7 Å². The van der Waals surface area contributed by atoms with E-state index in [4.69, 9.17) is 0 Å². The van der Waals surface area contributed by atoms with Gasteiger partial charge in [0.05, 0.1) is 12.2 Å². The van der Waals surface area contributed by atoms with E-state index in [0.717, 1.165) is 53.8 Å². The first-order valence-electron chi connectivity index (χ1n) is 17.5. The van der Waals surface area contributed by atoms with Gasteiger partial charge in [-0.1, -0.05) is 96.1 Å². The average Bonchev–Trinajstić information content (AvgIpc) is 3.79. The third kappa shape index (κ3) is 4.09. The van der Waals surface area contributed by atoms with Crippen molar-refractivity contribution in [1.29, 1.82) is 0 Å². The van der Waals surface area contributed by atoms with Gasteiger partial charge in [-0.2, -0.15) is 0 Å². The van der Waals surface area contributed by atoms with Crippen LogP contribution in [0.2, 0.25) is 0 Å². The van der Waals surface area contributed by atoms with Crippen LogP contribution in [0.5, 0.6) is 0 Å². The van der Waals surface area contributed by atoms with Crippen LogP contribution in [0.4, 0.5) is 8.78 Å². The molecule has 0 radical (unpaired) electrons. The Bertz CT molecular complexity index is 2240. The predicted molar refractivity (Wildman–Crippen MR) is 188 cm³/mol. The van der Waals surface area contributed by atoms with Crippen molar-refractivity contribution in [2.75, 3.05) is 0 Å². The number of para-hydroxylation sites is 2. The molecule has 6 nitrogen and oxygen atoms in total. The molecule has 2 fully saturated rings. The Morgan fingerprint density at radius 2 is 1.20 bits per heavy atom. The van der Waals surface area contributed by atoms with Crippen molar-refractivity contribution >= 4 is 0 Å². The van der Waals surface area contributed by atoms with Crippen LogP contribution in [0.1, 0.15) is 107 Å². The van der Waals surface area contributed by atoms with Crippen molar-refractivity contribution in [1.82, 2.24) is 19.1 Å². The number of benzene rings is 3. The minimum Gasteiger partial charge on any atom is -0.294 e. The molecule has 3 aromatic carbocycles. The van der Waals surface area contributed by atoms with Crippen molar-refractivity contribution in [3.05, 3.63) is 139 Å². The fraction of sp³-hybridized carbons (Fsp3) is 0.415. The van der Waals surface area contributed by atoms with Crippen LogP contribution in [0.3, 0.4) is 0 Å². The fourth-order valence-electron chi connectivity index (χ4n) is 10.1. The van der Waals surface area contributed by atoms with Crippen LogP contribution < -0.4 is 11.1 Å². The molecular weight excluding hydrogens is 618 g/mol. The molecule has 4 aliphatic rings. The van der Waals surface area contributed by atoms with Crippen molar-refractivity contribution in [3.8, 4) is 11.4 Å². The molecule has 49 heavy (non-hydrogen) atoms. The van der Waals surface area contributed by atoms with Crippen molar-refractivity contribution in [3.63, 3.8) is 0 Å². The van der Waals surface area contributed by atoms with Gasteiger partial charge in [0.15, 0.2) is 0 Å². The third-order valence-electron chi connectivity index (χ3n) is 13.7. The zero-order valence-corrected chi connectivity index (χ0v) is 29.1. The second-order valence-corrected chi connectivity index (χ2v) is 16.2. The van der Waals surface area contributed by atoms with Crippen LogP contribution in [0, 0.1) is 22.5 Å². The lowest BCUT2D eigenvalue weighted by molar-refractivity contribution is 0.216. The maximum absolute atomic E-state index is 14.7. The predicted octanol–water partition coefficient (Wildman–Crippen LogP) is 8.48. The molecule has 0 saturated heterocycles. The molecule has 2 saturated carbocycles. The molecule has 254 valence electrons. The molecule has 2 heterocycles. The lowest BCUT2D eigenvalue weighted by Crippen LogP contribution is -2.36. The maximum Gasteiger partial charge on any atom is 0.275 e. The maximum atomic E-state index is 14.7. The lowest BCUT2D eigenvalue weighted by atomic mass is 9.70. The number of halogens is 2. The highest BCUT2D eigenvalue weighted by Crippen LogP contribution is 2.68. The van der Waals surface area contributed by atoms with Gasteiger partial charge < -0.3 is 0 Å². The summed E-state index contributed by atoms with van der Waals surface area (Å²) in [6, 6.07) is 23.1. The van der Waals surface area contributed by atoms with Gasteiger partial charge in [-0.25, -0.2) is 18.1 Å². The van der Waals surface area contributed by atoms with Gasteiger partial charge in [0.2, 0.25) is 0 Å². The smallest absolute Gasteiger partial charge is 0.275 e. The normalized spacial score (nSPS) is 26.4. The first kappa shape index (κ1) is 31.8. The van der Waals surface area contributed by atoms with E-state index in [1.807, 2.05) is 22.9 Å². The quantitative estimate of drug-likeness (QED) is 0.210. The van der Waals surface area contributed by atoms with E-state index in [-0.39, 0.29) is 56.2 Å². The zero-order chi connectivity index (χ0) is 34.7. The highest BCUT2D eigenvalue weighted by Gasteiger charge is 2.63. The van der Waals surface area contributed by atoms with Gasteiger partial charge in [0.25, 0.3) is 11.1 Å². The molecule has 4 atom stereocenters. The molecule has 8 heteroatoms. The Morgan fingerprint density at radius 3 is 1.82 bits per heavy atom. The van der Waals surface area contributed by atoms with Gasteiger partial charge >= 0.3 is 0 Å². The first-order chi connectivity index (χ1) is 23.2. The molecule has 0 amide bonds. The van der Waals surface area contributed by atoms with Gasteiger partial charge in [-0.05, 0) is 78.2 Å². The molecule has 0 spiro atoms. The Labute approximate surface area is 285 Å². The van der Waals surface area contributed by atoms with Gasteiger partial charge in [0, 0.05) is 27.7 Å². The summed E-state index contributed by atoms with van der Waals surface area (Å²) >= 11 is 0. The van der Waals surface area contributed by atoms with Crippen molar-refractivity contribution in [2.45, 2.75) is 96.4 Å². The number of aromatic nitrogens is 4. The van der Waals surface area contributed by atoms with Gasteiger partial charge in [0.1, 0.15) is 23.0 Å². The van der Waals surface area contributed by atoms with Crippen molar-refractivity contribution < 1.29 is 8.78 Å². The number of nitrogens with one attached hydrogen (secondary N) is 1. The minimum atomic E-state index is -0.378. The Hall–Kier alpha value is -4.46. The monoisotopic (exact) mass is 662 g/mol. The van der Waals surface area contributed by atoms with E-state index >= 15 is 0 Å². The van der Waals surface area contributed by atoms with E-state index in [9.17, 15) is 18.4 Å². The molecule has 1 N–H and O–H groups in total. The first-order valence-corrected chi connectivity index (χ1v) is 17.5. The van der Waals surface area contributed by atoms with Gasteiger partial charge in [-0.15, -0.1) is 0 Å². The molecule has 4 bridgehead atoms. The summed E-state index contributed by atoms with van der Waals surface area (Å²) in [5.41, 5.74) is 5.49. The fourth-order valence-corrected chi connectivity index (χ4v) is 10.1. The Balaban J connectivity index is 0.000000148. The molecular formula is C41H44F2N4O2. The number of aromatic amines is 1. The van der Waals surface area contributed by atoms with Crippen LogP contribution in [-0.2, 0) is 17.4 Å². The Kier molecular flexibility index (Phi) is 6.82. The van der Waals surface area contributed by atoms with E-state index in [1.54, 1.807) is 41.1 Å². The van der Waals surface area contributed by atoms with E-state index < -0.39 is 0 Å². The summed E-state index contributed by atoms with van der Waals surface area (Å²) in [4.78, 5) is 26.4. The minimum absolute atomic E-state index is 0.0251. The number of hydrogen-bond donors (Lipinski definition) is 1.